The average Bonchev–Trinajstić information content (AvgIpc) is 3.13. The molecule has 1 N–H and O–H groups in total. The van der Waals surface area contributed by atoms with Gasteiger partial charge >= 0.3 is 0 Å². The highest BCUT2D eigenvalue weighted by atomic mass is 79.9. The van der Waals surface area contributed by atoms with E-state index < -0.39 is 0 Å². The second kappa shape index (κ2) is 5.69. The van der Waals surface area contributed by atoms with Crippen LogP contribution in [-0.4, -0.2) is 12.1 Å². The van der Waals surface area contributed by atoms with Gasteiger partial charge in [-0.2, -0.15) is 0 Å². The fraction of sp³-hybridized carbons (Fsp3) is 0.429. The van der Waals surface area contributed by atoms with Crippen LogP contribution < -0.4 is 10.1 Å². The molecular weight excluding hydrogens is 278 g/mol. The van der Waals surface area contributed by atoms with Crippen LogP contribution in [0.25, 0.3) is 0 Å². The molecule has 1 aromatic rings. The van der Waals surface area contributed by atoms with E-state index in [9.17, 15) is 0 Å². The first-order chi connectivity index (χ1) is 8.19. The highest BCUT2D eigenvalue weighted by Crippen LogP contribution is 2.25. The molecule has 2 rings (SSSR count). The molecular formula is C14H18BrNO. The highest BCUT2D eigenvalue weighted by molar-refractivity contribution is 9.10. The van der Waals surface area contributed by atoms with Crippen molar-refractivity contribution in [2.24, 2.45) is 0 Å². The Kier molecular flexibility index (Phi) is 4.24. The molecule has 0 aromatic heterocycles. The molecule has 1 fully saturated rings. The highest BCUT2D eigenvalue weighted by Gasteiger charge is 2.20. The predicted octanol–water partition coefficient (Wildman–Crippen LogP) is 3.65. The Bertz CT molecular complexity index is 401. The van der Waals surface area contributed by atoms with Crippen LogP contribution in [0.4, 0.5) is 0 Å². The number of hydrogen-bond acceptors (Lipinski definition) is 2. The van der Waals surface area contributed by atoms with Crippen molar-refractivity contribution in [3.63, 3.8) is 0 Å². The van der Waals surface area contributed by atoms with Gasteiger partial charge in [0.1, 0.15) is 11.9 Å². The van der Waals surface area contributed by atoms with E-state index in [1.54, 1.807) is 6.08 Å². The number of halogens is 1. The summed E-state index contributed by atoms with van der Waals surface area (Å²) >= 11 is 3.57. The normalized spacial score (nSPS) is 16.6. The summed E-state index contributed by atoms with van der Waals surface area (Å²) in [5, 5.41) is 3.50. The Labute approximate surface area is 111 Å². The van der Waals surface area contributed by atoms with Crippen LogP contribution in [-0.2, 0) is 6.54 Å². The first kappa shape index (κ1) is 12.7. The van der Waals surface area contributed by atoms with Gasteiger partial charge in [-0.3, -0.25) is 0 Å². The lowest BCUT2D eigenvalue weighted by atomic mass is 10.2. The Morgan fingerprint density at radius 3 is 3.00 bits per heavy atom. The van der Waals surface area contributed by atoms with Gasteiger partial charge in [-0.1, -0.05) is 28.6 Å². The average molecular weight is 296 g/mol. The summed E-state index contributed by atoms with van der Waals surface area (Å²) in [5.74, 6) is 0.896. The molecule has 1 aromatic carbocycles. The molecule has 17 heavy (non-hydrogen) atoms. The minimum Gasteiger partial charge on any atom is -0.487 e. The maximum atomic E-state index is 5.71. The van der Waals surface area contributed by atoms with Gasteiger partial charge in [-0.05, 0) is 43.5 Å². The zero-order valence-electron chi connectivity index (χ0n) is 10.1. The lowest BCUT2D eigenvalue weighted by molar-refractivity contribution is 0.270. The summed E-state index contributed by atoms with van der Waals surface area (Å²) in [6.07, 6.45) is 4.45. The molecule has 3 heteroatoms. The second-order valence-corrected chi connectivity index (χ2v) is 5.32. The summed E-state index contributed by atoms with van der Waals surface area (Å²) in [7, 11) is 0. The lowest BCUT2D eigenvalue weighted by Gasteiger charge is -2.13. The van der Waals surface area contributed by atoms with Crippen molar-refractivity contribution in [2.45, 2.75) is 38.5 Å². The first-order valence-corrected chi connectivity index (χ1v) is 6.79. The summed E-state index contributed by atoms with van der Waals surface area (Å²) in [5.41, 5.74) is 1.24. The van der Waals surface area contributed by atoms with E-state index in [1.165, 1.54) is 18.4 Å². The van der Waals surface area contributed by atoms with Crippen molar-refractivity contribution in [3.05, 3.63) is 40.9 Å². The zero-order valence-corrected chi connectivity index (χ0v) is 11.7. The Balaban J connectivity index is 2.01. The van der Waals surface area contributed by atoms with Gasteiger partial charge in [0, 0.05) is 17.1 Å². The van der Waals surface area contributed by atoms with Gasteiger partial charge in [0.2, 0.25) is 0 Å². The molecule has 0 bridgehead atoms. The predicted molar refractivity (Wildman–Crippen MR) is 74.3 cm³/mol. The van der Waals surface area contributed by atoms with Gasteiger partial charge in [0.05, 0.1) is 0 Å². The Morgan fingerprint density at radius 1 is 1.59 bits per heavy atom. The molecule has 0 saturated heterocycles. The van der Waals surface area contributed by atoms with Crippen LogP contribution in [0.1, 0.15) is 25.3 Å². The standard InChI is InChI=1S/C14H18BrNO/c1-3-10(2)17-13-6-7-14(15)11(8-13)9-16-12-4-5-12/h3,6-8,10,12,16H,1,4-5,9H2,2H3. The molecule has 0 heterocycles. The van der Waals surface area contributed by atoms with Crippen LogP contribution in [0.5, 0.6) is 5.75 Å². The van der Waals surface area contributed by atoms with E-state index in [2.05, 4.69) is 33.9 Å². The topological polar surface area (TPSA) is 21.3 Å². The van der Waals surface area contributed by atoms with Crippen molar-refractivity contribution in [3.8, 4) is 5.75 Å². The van der Waals surface area contributed by atoms with Crippen molar-refractivity contribution in [2.75, 3.05) is 0 Å². The molecule has 0 aliphatic heterocycles. The van der Waals surface area contributed by atoms with Crippen LogP contribution >= 0.6 is 15.9 Å². The minimum atomic E-state index is 0.0421. The third-order valence-electron chi connectivity index (χ3n) is 2.83. The van der Waals surface area contributed by atoms with Crippen LogP contribution in [0.3, 0.4) is 0 Å². The van der Waals surface area contributed by atoms with E-state index in [-0.39, 0.29) is 6.10 Å². The number of nitrogens with one attached hydrogen (secondary N) is 1. The van der Waals surface area contributed by atoms with Crippen molar-refractivity contribution >= 4 is 15.9 Å². The van der Waals surface area contributed by atoms with E-state index in [0.29, 0.717) is 0 Å². The molecule has 1 aliphatic carbocycles. The fourth-order valence-electron chi connectivity index (χ4n) is 1.56. The summed E-state index contributed by atoms with van der Waals surface area (Å²) < 4.78 is 6.84. The first-order valence-electron chi connectivity index (χ1n) is 6.00. The van der Waals surface area contributed by atoms with Gasteiger partial charge < -0.3 is 10.1 Å². The van der Waals surface area contributed by atoms with Gasteiger partial charge in [0.15, 0.2) is 0 Å². The van der Waals surface area contributed by atoms with Gasteiger partial charge in [-0.25, -0.2) is 0 Å². The smallest absolute Gasteiger partial charge is 0.120 e. The summed E-state index contributed by atoms with van der Waals surface area (Å²) in [6.45, 7) is 6.60. The van der Waals surface area contributed by atoms with Crippen molar-refractivity contribution in [1.29, 1.82) is 0 Å². The number of ether oxygens (including phenoxy) is 1. The molecule has 1 aliphatic rings. The van der Waals surface area contributed by atoms with Crippen LogP contribution in [0.2, 0.25) is 0 Å². The molecule has 0 radical (unpaired) electrons. The third-order valence-corrected chi connectivity index (χ3v) is 3.60. The Hall–Kier alpha value is -0.800. The van der Waals surface area contributed by atoms with Crippen molar-refractivity contribution in [1.82, 2.24) is 5.32 Å². The Morgan fingerprint density at radius 2 is 2.35 bits per heavy atom. The van der Waals surface area contributed by atoms with Crippen molar-refractivity contribution < 1.29 is 4.74 Å². The molecule has 1 atom stereocenters. The summed E-state index contributed by atoms with van der Waals surface area (Å²) in [6, 6.07) is 6.82. The van der Waals surface area contributed by atoms with Gasteiger partial charge in [0.25, 0.3) is 0 Å². The largest absolute Gasteiger partial charge is 0.487 e. The molecule has 2 nitrogen and oxygen atoms in total. The SMILES string of the molecule is C=CC(C)Oc1ccc(Br)c(CNC2CC2)c1. The quantitative estimate of drug-likeness (QED) is 0.809. The number of benzene rings is 1. The fourth-order valence-corrected chi connectivity index (χ4v) is 1.95. The second-order valence-electron chi connectivity index (χ2n) is 4.47. The molecule has 0 amide bonds. The lowest BCUT2D eigenvalue weighted by Crippen LogP contribution is -2.16. The zero-order chi connectivity index (χ0) is 12.3. The van der Waals surface area contributed by atoms with Gasteiger partial charge in [-0.15, -0.1) is 0 Å². The van der Waals surface area contributed by atoms with E-state index in [0.717, 1.165) is 22.8 Å². The van der Waals surface area contributed by atoms with E-state index >= 15 is 0 Å². The van der Waals surface area contributed by atoms with Crippen LogP contribution in [0, 0.1) is 0 Å². The number of rotatable bonds is 6. The monoisotopic (exact) mass is 295 g/mol. The maximum Gasteiger partial charge on any atom is 0.120 e. The number of hydrogen-bond donors (Lipinski definition) is 1. The summed E-state index contributed by atoms with van der Waals surface area (Å²) in [4.78, 5) is 0. The molecule has 0 spiro atoms. The van der Waals surface area contributed by atoms with Crippen LogP contribution in [0.15, 0.2) is 35.3 Å². The minimum absolute atomic E-state index is 0.0421. The van der Waals surface area contributed by atoms with E-state index in [4.69, 9.17) is 4.74 Å². The molecule has 1 unspecified atom stereocenters. The third kappa shape index (κ3) is 3.86. The molecule has 92 valence electrons. The molecule has 1 saturated carbocycles. The van der Waals surface area contributed by atoms with E-state index in [1.807, 2.05) is 19.1 Å². The maximum absolute atomic E-state index is 5.71.